The molecule has 1 aliphatic heterocycles. The third-order valence-electron chi connectivity index (χ3n) is 3.91. The van der Waals surface area contributed by atoms with Crippen LogP contribution in [0.4, 0.5) is 0 Å². The van der Waals surface area contributed by atoms with Gasteiger partial charge in [0.25, 0.3) is 0 Å². The Hall–Kier alpha value is -1.36. The van der Waals surface area contributed by atoms with Gasteiger partial charge in [0.05, 0.1) is 6.61 Å². The summed E-state index contributed by atoms with van der Waals surface area (Å²) in [5, 5.41) is 10.0. The smallest absolute Gasteiger partial charge is 0.320 e. The number of hydrogen-bond acceptors (Lipinski definition) is 5. The highest BCUT2D eigenvalue weighted by atomic mass is 16.6. The fourth-order valence-corrected chi connectivity index (χ4v) is 2.82. The average Bonchev–Trinajstić information content (AvgIpc) is 2.64. The standard InChI is InChI=1S/C15H22O5/c1-9(2)7-19-8-11-6-15(14(18)20-11)5-10(3)12(16)4-13(15)17/h4,9-11,17H,5-8H2,1-3H3/t10-,11-,15+/m1/s1. The number of carbonyl (C=O) groups is 2. The molecule has 1 N–H and O–H groups in total. The summed E-state index contributed by atoms with van der Waals surface area (Å²) in [4.78, 5) is 23.7. The van der Waals surface area contributed by atoms with E-state index in [9.17, 15) is 14.7 Å². The van der Waals surface area contributed by atoms with Gasteiger partial charge in [-0.2, -0.15) is 0 Å². The third-order valence-corrected chi connectivity index (χ3v) is 3.91. The molecule has 1 spiro atoms. The van der Waals surface area contributed by atoms with Gasteiger partial charge in [0.2, 0.25) is 0 Å². The normalized spacial score (nSPS) is 33.7. The van der Waals surface area contributed by atoms with E-state index in [1.54, 1.807) is 6.92 Å². The Morgan fingerprint density at radius 1 is 1.45 bits per heavy atom. The van der Waals surface area contributed by atoms with Crippen molar-refractivity contribution in [3.63, 3.8) is 0 Å². The van der Waals surface area contributed by atoms with Crippen LogP contribution in [0.25, 0.3) is 0 Å². The van der Waals surface area contributed by atoms with Crippen LogP contribution < -0.4 is 0 Å². The fourth-order valence-electron chi connectivity index (χ4n) is 2.82. The van der Waals surface area contributed by atoms with Crippen molar-refractivity contribution in [2.75, 3.05) is 13.2 Å². The number of aliphatic hydroxyl groups excluding tert-OH is 1. The molecule has 112 valence electrons. The zero-order chi connectivity index (χ0) is 14.9. The first-order valence-corrected chi connectivity index (χ1v) is 7.09. The molecule has 3 atom stereocenters. The van der Waals surface area contributed by atoms with E-state index in [0.29, 0.717) is 32.0 Å². The maximum absolute atomic E-state index is 12.1. The van der Waals surface area contributed by atoms with Gasteiger partial charge >= 0.3 is 5.97 Å². The number of aliphatic hydroxyl groups is 1. The van der Waals surface area contributed by atoms with Crippen LogP contribution >= 0.6 is 0 Å². The lowest BCUT2D eigenvalue weighted by Crippen LogP contribution is -2.37. The van der Waals surface area contributed by atoms with Crippen molar-refractivity contribution < 1.29 is 24.2 Å². The van der Waals surface area contributed by atoms with Crippen LogP contribution in [0.5, 0.6) is 0 Å². The molecule has 0 aromatic heterocycles. The first kappa shape index (κ1) is 15.0. The highest BCUT2D eigenvalue weighted by Gasteiger charge is 2.55. The highest BCUT2D eigenvalue weighted by Crippen LogP contribution is 2.47. The lowest BCUT2D eigenvalue weighted by molar-refractivity contribution is -0.151. The molecule has 5 nitrogen and oxygen atoms in total. The Kier molecular flexibility index (Phi) is 4.18. The molecule has 0 saturated carbocycles. The summed E-state index contributed by atoms with van der Waals surface area (Å²) in [6, 6.07) is 0. The second kappa shape index (κ2) is 5.56. The van der Waals surface area contributed by atoms with E-state index in [4.69, 9.17) is 9.47 Å². The summed E-state index contributed by atoms with van der Waals surface area (Å²) in [7, 11) is 0. The van der Waals surface area contributed by atoms with Crippen LogP contribution in [-0.2, 0) is 19.1 Å². The Balaban J connectivity index is 2.05. The summed E-state index contributed by atoms with van der Waals surface area (Å²) in [6.45, 7) is 6.80. The quantitative estimate of drug-likeness (QED) is 0.798. The molecule has 0 aromatic carbocycles. The minimum Gasteiger partial charge on any atom is -0.511 e. The van der Waals surface area contributed by atoms with Crippen LogP contribution in [0.15, 0.2) is 11.8 Å². The molecular weight excluding hydrogens is 260 g/mol. The molecule has 0 radical (unpaired) electrons. The Morgan fingerprint density at radius 2 is 2.15 bits per heavy atom. The predicted octanol–water partition coefficient (Wildman–Crippen LogP) is 2.01. The van der Waals surface area contributed by atoms with Crippen molar-refractivity contribution in [3.8, 4) is 0 Å². The van der Waals surface area contributed by atoms with Crippen molar-refractivity contribution in [3.05, 3.63) is 11.8 Å². The second-order valence-corrected chi connectivity index (χ2v) is 6.28. The SMILES string of the molecule is CC(C)COC[C@H]1C[C@]2(C[C@@H](C)C(=O)C=C2O)C(=O)O1. The van der Waals surface area contributed by atoms with Gasteiger partial charge in [-0.3, -0.25) is 9.59 Å². The molecule has 1 fully saturated rings. The number of cyclic esters (lactones) is 1. The van der Waals surface area contributed by atoms with E-state index in [1.807, 2.05) is 13.8 Å². The zero-order valence-electron chi connectivity index (χ0n) is 12.2. The summed E-state index contributed by atoms with van der Waals surface area (Å²) in [5.74, 6) is -0.586. The maximum Gasteiger partial charge on any atom is 0.320 e. The highest BCUT2D eigenvalue weighted by molar-refractivity contribution is 5.96. The Labute approximate surface area is 118 Å². The Bertz CT molecular complexity index is 440. The van der Waals surface area contributed by atoms with Crippen LogP contribution in [0.3, 0.4) is 0 Å². The number of allylic oxidation sites excluding steroid dienone is 1. The number of carbonyl (C=O) groups excluding carboxylic acids is 2. The van der Waals surface area contributed by atoms with E-state index in [2.05, 4.69) is 0 Å². The van der Waals surface area contributed by atoms with E-state index < -0.39 is 11.4 Å². The van der Waals surface area contributed by atoms with Gasteiger partial charge in [-0.15, -0.1) is 0 Å². The molecular formula is C15H22O5. The molecule has 0 aromatic rings. The van der Waals surface area contributed by atoms with Gasteiger partial charge in [-0.25, -0.2) is 0 Å². The molecule has 0 bridgehead atoms. The van der Waals surface area contributed by atoms with Gasteiger partial charge in [-0.05, 0) is 12.3 Å². The zero-order valence-corrected chi connectivity index (χ0v) is 12.2. The number of ketones is 1. The molecule has 1 saturated heterocycles. The van der Waals surface area contributed by atoms with Gasteiger partial charge < -0.3 is 14.6 Å². The average molecular weight is 282 g/mol. The van der Waals surface area contributed by atoms with E-state index in [-0.39, 0.29) is 23.6 Å². The first-order chi connectivity index (χ1) is 9.35. The lowest BCUT2D eigenvalue weighted by atomic mass is 9.71. The van der Waals surface area contributed by atoms with Crippen LogP contribution in [0.1, 0.15) is 33.6 Å². The molecule has 0 amide bonds. The van der Waals surface area contributed by atoms with Crippen molar-refractivity contribution in [2.24, 2.45) is 17.3 Å². The molecule has 2 aliphatic rings. The number of esters is 1. The Morgan fingerprint density at radius 3 is 2.80 bits per heavy atom. The third kappa shape index (κ3) is 2.73. The number of hydrogen-bond donors (Lipinski definition) is 1. The van der Waals surface area contributed by atoms with E-state index >= 15 is 0 Å². The predicted molar refractivity (Wildman–Crippen MR) is 72.1 cm³/mol. The van der Waals surface area contributed by atoms with E-state index in [1.165, 1.54) is 6.08 Å². The van der Waals surface area contributed by atoms with Crippen LogP contribution in [0.2, 0.25) is 0 Å². The van der Waals surface area contributed by atoms with Crippen LogP contribution in [-0.4, -0.2) is 36.2 Å². The minimum atomic E-state index is -1.04. The van der Waals surface area contributed by atoms with Gasteiger partial charge in [0.15, 0.2) is 5.78 Å². The lowest BCUT2D eigenvalue weighted by Gasteiger charge is -2.30. The summed E-state index contributed by atoms with van der Waals surface area (Å²) in [5.41, 5.74) is -1.04. The topological polar surface area (TPSA) is 72.8 Å². The van der Waals surface area contributed by atoms with Crippen molar-refractivity contribution in [1.82, 2.24) is 0 Å². The van der Waals surface area contributed by atoms with Crippen molar-refractivity contribution in [2.45, 2.75) is 39.7 Å². The summed E-state index contributed by atoms with van der Waals surface area (Å²) >= 11 is 0. The monoisotopic (exact) mass is 282 g/mol. The maximum atomic E-state index is 12.1. The molecule has 1 heterocycles. The molecule has 0 unspecified atom stereocenters. The number of ether oxygens (including phenoxy) is 2. The minimum absolute atomic E-state index is 0.138. The second-order valence-electron chi connectivity index (χ2n) is 6.28. The van der Waals surface area contributed by atoms with Gasteiger partial charge in [0, 0.05) is 25.0 Å². The van der Waals surface area contributed by atoms with Crippen molar-refractivity contribution in [1.29, 1.82) is 0 Å². The first-order valence-electron chi connectivity index (χ1n) is 7.09. The largest absolute Gasteiger partial charge is 0.511 e. The van der Waals surface area contributed by atoms with Crippen LogP contribution in [0, 0.1) is 17.3 Å². The number of rotatable bonds is 4. The van der Waals surface area contributed by atoms with Gasteiger partial charge in [-0.1, -0.05) is 20.8 Å². The van der Waals surface area contributed by atoms with Crippen molar-refractivity contribution >= 4 is 11.8 Å². The fraction of sp³-hybridized carbons (Fsp3) is 0.733. The van der Waals surface area contributed by atoms with E-state index in [0.717, 1.165) is 0 Å². The molecule has 20 heavy (non-hydrogen) atoms. The molecule has 2 rings (SSSR count). The molecule has 5 heteroatoms. The molecule has 1 aliphatic carbocycles. The summed E-state index contributed by atoms with van der Waals surface area (Å²) < 4.78 is 10.8. The van der Waals surface area contributed by atoms with Gasteiger partial charge in [0.1, 0.15) is 17.3 Å². The summed E-state index contributed by atoms with van der Waals surface area (Å²) in [6.07, 6.45) is 1.52.